The number of aromatic nitrogens is 1. The van der Waals surface area contributed by atoms with Crippen LogP contribution in [-0.2, 0) is 10.0 Å². The van der Waals surface area contributed by atoms with Crippen LogP contribution in [0.5, 0.6) is 0 Å². The SMILES string of the molecule is Cc1ccc(Nc2ccc3nccc(C(=O)N4CCCC4CNS(=O)(=O)C(F)(F)F)c3c2)cc1. The zero-order valence-corrected chi connectivity index (χ0v) is 19.1. The Labute approximate surface area is 195 Å². The number of nitrogens with one attached hydrogen (secondary N) is 2. The van der Waals surface area contributed by atoms with Crippen molar-refractivity contribution in [2.45, 2.75) is 31.3 Å². The fraction of sp³-hybridized carbons (Fsp3) is 0.304. The number of benzene rings is 2. The molecule has 4 rings (SSSR count). The summed E-state index contributed by atoms with van der Waals surface area (Å²) in [4.78, 5) is 19.1. The van der Waals surface area contributed by atoms with Gasteiger partial charge in [0.25, 0.3) is 5.91 Å². The van der Waals surface area contributed by atoms with E-state index in [0.717, 1.165) is 16.9 Å². The quantitative estimate of drug-likeness (QED) is 0.535. The van der Waals surface area contributed by atoms with E-state index in [9.17, 15) is 26.4 Å². The van der Waals surface area contributed by atoms with Gasteiger partial charge in [0, 0.05) is 42.1 Å². The summed E-state index contributed by atoms with van der Waals surface area (Å²) in [5.41, 5.74) is -1.72. The first-order valence-electron chi connectivity index (χ1n) is 10.6. The van der Waals surface area contributed by atoms with Gasteiger partial charge < -0.3 is 10.2 Å². The van der Waals surface area contributed by atoms with Gasteiger partial charge in [0.15, 0.2) is 0 Å². The molecule has 1 atom stereocenters. The normalized spacial score (nSPS) is 16.7. The number of carbonyl (C=O) groups is 1. The van der Waals surface area contributed by atoms with E-state index in [2.05, 4.69) is 10.3 Å². The number of alkyl halides is 3. The van der Waals surface area contributed by atoms with Crippen molar-refractivity contribution in [2.75, 3.05) is 18.4 Å². The second-order valence-electron chi connectivity index (χ2n) is 8.17. The molecule has 7 nitrogen and oxygen atoms in total. The molecule has 11 heteroatoms. The number of carbonyl (C=O) groups excluding carboxylic acids is 1. The Morgan fingerprint density at radius 2 is 1.82 bits per heavy atom. The minimum atomic E-state index is -5.48. The second-order valence-corrected chi connectivity index (χ2v) is 9.93. The topological polar surface area (TPSA) is 91.4 Å². The molecule has 180 valence electrons. The summed E-state index contributed by atoms with van der Waals surface area (Å²) in [7, 11) is -5.48. The van der Waals surface area contributed by atoms with Crippen LogP contribution >= 0.6 is 0 Å². The van der Waals surface area contributed by atoms with Gasteiger partial charge in [0.1, 0.15) is 0 Å². The van der Waals surface area contributed by atoms with E-state index in [4.69, 9.17) is 0 Å². The molecule has 1 amide bonds. The van der Waals surface area contributed by atoms with Gasteiger partial charge >= 0.3 is 15.5 Å². The number of fused-ring (bicyclic) bond motifs is 1. The smallest absolute Gasteiger partial charge is 0.356 e. The molecule has 1 fully saturated rings. The molecule has 0 aliphatic carbocycles. The molecule has 1 aromatic heterocycles. The molecular formula is C23H23F3N4O3S. The highest BCUT2D eigenvalue weighted by molar-refractivity contribution is 7.90. The molecular weight excluding hydrogens is 469 g/mol. The summed E-state index contributed by atoms with van der Waals surface area (Å²) in [6, 6.07) is 14.1. The van der Waals surface area contributed by atoms with Crippen molar-refractivity contribution in [1.82, 2.24) is 14.6 Å². The van der Waals surface area contributed by atoms with E-state index in [1.807, 2.05) is 37.3 Å². The van der Waals surface area contributed by atoms with Crippen molar-refractivity contribution < 1.29 is 26.4 Å². The Morgan fingerprint density at radius 3 is 2.53 bits per heavy atom. The lowest BCUT2D eigenvalue weighted by Crippen LogP contribution is -2.46. The lowest BCUT2D eigenvalue weighted by atomic mass is 10.1. The largest absolute Gasteiger partial charge is 0.511 e. The number of pyridine rings is 1. The maximum Gasteiger partial charge on any atom is 0.511 e. The fourth-order valence-electron chi connectivity index (χ4n) is 3.97. The average molecular weight is 493 g/mol. The number of sulfonamides is 1. The monoisotopic (exact) mass is 492 g/mol. The standard InChI is InChI=1S/C23H23F3N4O3S/c1-15-4-6-16(7-5-15)29-17-8-9-21-20(13-17)19(10-11-27-21)22(31)30-12-2-3-18(30)14-28-34(32,33)23(24,25)26/h4-11,13,18,28-29H,2-3,12,14H2,1H3. The molecule has 1 unspecified atom stereocenters. The number of nitrogens with zero attached hydrogens (tertiary/aromatic N) is 2. The highest BCUT2D eigenvalue weighted by Gasteiger charge is 2.46. The lowest BCUT2D eigenvalue weighted by molar-refractivity contribution is -0.0448. The zero-order valence-electron chi connectivity index (χ0n) is 18.3. The third kappa shape index (κ3) is 5.00. The van der Waals surface area contributed by atoms with E-state index in [1.54, 1.807) is 22.9 Å². The Bertz CT molecular complexity index is 1310. The van der Waals surface area contributed by atoms with Gasteiger partial charge in [-0.15, -0.1) is 0 Å². The molecule has 0 radical (unpaired) electrons. The van der Waals surface area contributed by atoms with E-state index in [0.29, 0.717) is 35.9 Å². The van der Waals surface area contributed by atoms with Crippen molar-refractivity contribution in [2.24, 2.45) is 0 Å². The molecule has 1 saturated heterocycles. The van der Waals surface area contributed by atoms with E-state index < -0.39 is 28.1 Å². The molecule has 2 aromatic carbocycles. The number of likely N-dealkylation sites (tertiary alicyclic amines) is 1. The summed E-state index contributed by atoms with van der Waals surface area (Å²) >= 11 is 0. The Morgan fingerprint density at radius 1 is 1.12 bits per heavy atom. The zero-order chi connectivity index (χ0) is 24.5. The predicted molar refractivity (Wildman–Crippen MR) is 123 cm³/mol. The molecule has 0 spiro atoms. The first-order chi connectivity index (χ1) is 16.0. The van der Waals surface area contributed by atoms with E-state index in [-0.39, 0.29) is 5.91 Å². The van der Waals surface area contributed by atoms with Gasteiger partial charge in [-0.05, 0) is 56.2 Å². The molecule has 3 aromatic rings. The van der Waals surface area contributed by atoms with Crippen LogP contribution < -0.4 is 10.0 Å². The van der Waals surface area contributed by atoms with Crippen LogP contribution in [0.15, 0.2) is 54.7 Å². The summed E-state index contributed by atoms with van der Waals surface area (Å²) in [6.07, 6.45) is 2.46. The molecule has 0 bridgehead atoms. The van der Waals surface area contributed by atoms with Crippen LogP contribution in [0.1, 0.15) is 28.8 Å². The number of halogens is 3. The van der Waals surface area contributed by atoms with Crippen molar-refractivity contribution in [3.63, 3.8) is 0 Å². The maximum absolute atomic E-state index is 13.4. The summed E-state index contributed by atoms with van der Waals surface area (Å²) in [5, 5.41) is 3.87. The lowest BCUT2D eigenvalue weighted by Gasteiger charge is -2.25. The van der Waals surface area contributed by atoms with Crippen molar-refractivity contribution >= 4 is 38.2 Å². The molecule has 2 N–H and O–H groups in total. The van der Waals surface area contributed by atoms with Crippen LogP contribution in [0.3, 0.4) is 0 Å². The number of hydrogen-bond acceptors (Lipinski definition) is 5. The minimum Gasteiger partial charge on any atom is -0.356 e. The Balaban J connectivity index is 1.58. The molecule has 2 heterocycles. The minimum absolute atomic E-state index is 0.322. The summed E-state index contributed by atoms with van der Waals surface area (Å²) < 4.78 is 62.4. The summed E-state index contributed by atoms with van der Waals surface area (Å²) in [6.45, 7) is 1.81. The first kappa shape index (κ1) is 24.0. The van der Waals surface area contributed by atoms with Crippen molar-refractivity contribution in [3.8, 4) is 0 Å². The molecule has 0 saturated carbocycles. The highest BCUT2D eigenvalue weighted by Crippen LogP contribution is 2.28. The van der Waals surface area contributed by atoms with Gasteiger partial charge in [-0.25, -0.2) is 13.1 Å². The average Bonchev–Trinajstić information content (AvgIpc) is 3.26. The predicted octanol–water partition coefficient (Wildman–Crippen LogP) is 4.33. The number of aryl methyl sites for hydroxylation is 1. The molecule has 1 aliphatic heterocycles. The highest BCUT2D eigenvalue weighted by atomic mass is 32.2. The third-order valence-corrected chi connectivity index (χ3v) is 6.92. The van der Waals surface area contributed by atoms with Gasteiger partial charge in [-0.1, -0.05) is 17.7 Å². The van der Waals surface area contributed by atoms with Crippen LogP contribution in [0.25, 0.3) is 10.9 Å². The van der Waals surface area contributed by atoms with Crippen LogP contribution in [0.4, 0.5) is 24.5 Å². The second kappa shape index (κ2) is 9.22. The number of rotatable bonds is 6. The summed E-state index contributed by atoms with van der Waals surface area (Å²) in [5.74, 6) is -0.381. The van der Waals surface area contributed by atoms with Crippen molar-refractivity contribution in [1.29, 1.82) is 0 Å². The Hall–Kier alpha value is -3.18. The third-order valence-electron chi connectivity index (χ3n) is 5.76. The van der Waals surface area contributed by atoms with E-state index in [1.165, 1.54) is 11.1 Å². The van der Waals surface area contributed by atoms with Crippen molar-refractivity contribution in [3.05, 3.63) is 65.9 Å². The fourth-order valence-corrected chi connectivity index (χ4v) is 4.55. The molecule has 1 aliphatic rings. The van der Waals surface area contributed by atoms with E-state index >= 15 is 0 Å². The number of anilines is 2. The molecule has 34 heavy (non-hydrogen) atoms. The van der Waals surface area contributed by atoms with Crippen LogP contribution in [-0.4, -0.2) is 48.8 Å². The maximum atomic E-state index is 13.4. The Kier molecular flexibility index (Phi) is 6.50. The number of amides is 1. The van der Waals surface area contributed by atoms with Gasteiger partial charge in [-0.2, -0.15) is 13.2 Å². The van der Waals surface area contributed by atoms with Gasteiger partial charge in [0.05, 0.1) is 11.1 Å². The first-order valence-corrected chi connectivity index (χ1v) is 12.1. The number of hydrogen-bond donors (Lipinski definition) is 2. The van der Waals surface area contributed by atoms with Gasteiger partial charge in [0.2, 0.25) is 0 Å². The van der Waals surface area contributed by atoms with Crippen LogP contribution in [0, 0.1) is 6.92 Å². The van der Waals surface area contributed by atoms with Crippen LogP contribution in [0.2, 0.25) is 0 Å². The van der Waals surface area contributed by atoms with Gasteiger partial charge in [-0.3, -0.25) is 9.78 Å².